The predicted molar refractivity (Wildman–Crippen MR) is 66.8 cm³/mol. The van der Waals surface area contributed by atoms with Crippen molar-refractivity contribution in [2.75, 3.05) is 7.11 Å². The summed E-state index contributed by atoms with van der Waals surface area (Å²) in [5.41, 5.74) is 7.27. The minimum Gasteiger partial charge on any atom is -0.381 e. The topological polar surface area (TPSA) is 35.2 Å². The van der Waals surface area contributed by atoms with Gasteiger partial charge in [-0.25, -0.2) is 0 Å². The van der Waals surface area contributed by atoms with E-state index >= 15 is 0 Å². The van der Waals surface area contributed by atoms with Gasteiger partial charge in [-0.1, -0.05) is 23.7 Å². The number of rotatable bonds is 2. The van der Waals surface area contributed by atoms with Gasteiger partial charge in [0.2, 0.25) is 0 Å². The number of hydrogen-bond acceptors (Lipinski definition) is 2. The molecule has 1 aromatic rings. The highest BCUT2D eigenvalue weighted by Gasteiger charge is 2.29. The van der Waals surface area contributed by atoms with Gasteiger partial charge in [0.05, 0.1) is 6.10 Å². The monoisotopic (exact) mass is 239 g/mol. The van der Waals surface area contributed by atoms with Crippen LogP contribution in [0.5, 0.6) is 0 Å². The second kappa shape index (κ2) is 5.17. The smallest absolute Gasteiger partial charge is 0.0654 e. The lowest BCUT2D eigenvalue weighted by Gasteiger charge is -2.34. The SMILES string of the molecule is COC1C[C@H](N)CCC1c1ccc(Cl)cc1. The van der Waals surface area contributed by atoms with Gasteiger partial charge in [0.15, 0.2) is 0 Å². The molecule has 16 heavy (non-hydrogen) atoms. The summed E-state index contributed by atoms with van der Waals surface area (Å²) in [7, 11) is 1.77. The molecular formula is C13H18ClNO. The molecule has 0 radical (unpaired) electrons. The minimum atomic E-state index is 0.241. The van der Waals surface area contributed by atoms with Crippen LogP contribution in [0, 0.1) is 0 Å². The third kappa shape index (κ3) is 2.57. The van der Waals surface area contributed by atoms with Crippen LogP contribution in [0.3, 0.4) is 0 Å². The summed E-state index contributed by atoms with van der Waals surface area (Å²) in [5, 5.41) is 0.783. The Kier molecular flexibility index (Phi) is 3.85. The van der Waals surface area contributed by atoms with E-state index in [9.17, 15) is 0 Å². The summed E-state index contributed by atoms with van der Waals surface area (Å²) in [5.74, 6) is 0.460. The average Bonchev–Trinajstić information content (AvgIpc) is 2.30. The number of halogens is 1. The maximum atomic E-state index is 5.96. The third-order valence-corrected chi connectivity index (χ3v) is 3.69. The Morgan fingerprint density at radius 3 is 2.56 bits per heavy atom. The van der Waals surface area contributed by atoms with Gasteiger partial charge in [-0.3, -0.25) is 0 Å². The van der Waals surface area contributed by atoms with Crippen molar-refractivity contribution in [2.45, 2.75) is 37.3 Å². The van der Waals surface area contributed by atoms with Crippen LogP contribution >= 0.6 is 11.6 Å². The first-order valence-corrected chi connectivity index (χ1v) is 6.12. The standard InChI is InChI=1S/C13H18ClNO/c1-16-13-8-11(15)6-7-12(13)9-2-4-10(14)5-3-9/h2-5,11-13H,6-8,15H2,1H3/t11-,12?,13?/m1/s1. The highest BCUT2D eigenvalue weighted by molar-refractivity contribution is 6.30. The van der Waals surface area contributed by atoms with E-state index in [1.807, 2.05) is 12.1 Å². The summed E-state index contributed by atoms with van der Waals surface area (Å²) < 4.78 is 5.55. The van der Waals surface area contributed by atoms with Crippen LogP contribution in [0.1, 0.15) is 30.7 Å². The maximum Gasteiger partial charge on any atom is 0.0654 e. The van der Waals surface area contributed by atoms with Crippen LogP contribution in [-0.2, 0) is 4.74 Å². The lowest BCUT2D eigenvalue weighted by Crippen LogP contribution is -2.36. The molecule has 0 heterocycles. The summed E-state index contributed by atoms with van der Waals surface area (Å²) in [6.07, 6.45) is 3.36. The number of benzene rings is 1. The fraction of sp³-hybridized carbons (Fsp3) is 0.538. The first-order chi connectivity index (χ1) is 7.70. The number of ether oxygens (including phenoxy) is 1. The van der Waals surface area contributed by atoms with E-state index in [0.717, 1.165) is 24.3 Å². The molecule has 3 heteroatoms. The van der Waals surface area contributed by atoms with E-state index < -0.39 is 0 Å². The lowest BCUT2D eigenvalue weighted by molar-refractivity contribution is 0.0459. The van der Waals surface area contributed by atoms with Gasteiger partial charge in [0.25, 0.3) is 0 Å². The second-order valence-electron chi connectivity index (χ2n) is 4.51. The van der Waals surface area contributed by atoms with Crippen molar-refractivity contribution in [3.05, 3.63) is 34.9 Å². The summed E-state index contributed by atoms with van der Waals surface area (Å²) in [4.78, 5) is 0. The van der Waals surface area contributed by atoms with Crippen molar-refractivity contribution in [3.63, 3.8) is 0 Å². The van der Waals surface area contributed by atoms with Gasteiger partial charge >= 0.3 is 0 Å². The fourth-order valence-corrected chi connectivity index (χ4v) is 2.64. The Hall–Kier alpha value is -0.570. The molecule has 3 atom stereocenters. The van der Waals surface area contributed by atoms with Crippen LogP contribution in [0.25, 0.3) is 0 Å². The van der Waals surface area contributed by atoms with Gasteiger partial charge in [-0.2, -0.15) is 0 Å². The van der Waals surface area contributed by atoms with Crippen molar-refractivity contribution in [1.82, 2.24) is 0 Å². The first-order valence-electron chi connectivity index (χ1n) is 5.74. The molecule has 0 aromatic heterocycles. The normalized spacial score (nSPS) is 30.3. The zero-order valence-electron chi connectivity index (χ0n) is 9.53. The highest BCUT2D eigenvalue weighted by Crippen LogP contribution is 2.34. The molecule has 0 spiro atoms. The molecule has 1 fully saturated rings. The van der Waals surface area contributed by atoms with E-state index in [1.165, 1.54) is 5.56 Å². The van der Waals surface area contributed by atoms with Crippen LogP contribution < -0.4 is 5.73 Å². The quantitative estimate of drug-likeness (QED) is 0.861. The van der Waals surface area contributed by atoms with Gasteiger partial charge in [0.1, 0.15) is 0 Å². The summed E-state index contributed by atoms with van der Waals surface area (Å²) in [6, 6.07) is 8.36. The van der Waals surface area contributed by atoms with E-state index in [0.29, 0.717) is 5.92 Å². The molecule has 0 bridgehead atoms. The molecule has 0 aliphatic heterocycles. The largest absolute Gasteiger partial charge is 0.381 e. The van der Waals surface area contributed by atoms with Crippen LogP contribution in [0.2, 0.25) is 5.02 Å². The van der Waals surface area contributed by atoms with Gasteiger partial charge in [-0.15, -0.1) is 0 Å². The molecular weight excluding hydrogens is 222 g/mol. The van der Waals surface area contributed by atoms with Crippen molar-refractivity contribution in [1.29, 1.82) is 0 Å². The minimum absolute atomic E-state index is 0.241. The Bertz CT molecular complexity index is 338. The van der Waals surface area contributed by atoms with Crippen LogP contribution in [0.15, 0.2) is 24.3 Å². The molecule has 2 unspecified atom stereocenters. The van der Waals surface area contributed by atoms with Gasteiger partial charge in [-0.05, 0) is 37.0 Å². The number of methoxy groups -OCH3 is 1. The van der Waals surface area contributed by atoms with E-state index in [-0.39, 0.29) is 12.1 Å². The molecule has 2 rings (SSSR count). The molecule has 0 amide bonds. The van der Waals surface area contributed by atoms with E-state index in [1.54, 1.807) is 7.11 Å². The molecule has 2 N–H and O–H groups in total. The van der Waals surface area contributed by atoms with Gasteiger partial charge < -0.3 is 10.5 Å². The average molecular weight is 240 g/mol. The fourth-order valence-electron chi connectivity index (χ4n) is 2.51. The lowest BCUT2D eigenvalue weighted by atomic mass is 9.79. The van der Waals surface area contributed by atoms with Crippen LogP contribution in [0.4, 0.5) is 0 Å². The van der Waals surface area contributed by atoms with Crippen molar-refractivity contribution >= 4 is 11.6 Å². The van der Waals surface area contributed by atoms with Crippen molar-refractivity contribution in [2.24, 2.45) is 5.73 Å². The highest BCUT2D eigenvalue weighted by atomic mass is 35.5. The summed E-state index contributed by atoms with van der Waals surface area (Å²) >= 11 is 5.89. The molecule has 1 aliphatic rings. The molecule has 1 saturated carbocycles. The molecule has 1 aliphatic carbocycles. The Labute approximate surface area is 102 Å². The predicted octanol–water partition coefficient (Wildman–Crippen LogP) is 2.95. The van der Waals surface area contributed by atoms with Crippen LogP contribution in [-0.4, -0.2) is 19.3 Å². The van der Waals surface area contributed by atoms with E-state index in [2.05, 4.69) is 12.1 Å². The van der Waals surface area contributed by atoms with E-state index in [4.69, 9.17) is 22.1 Å². The van der Waals surface area contributed by atoms with Crippen molar-refractivity contribution in [3.8, 4) is 0 Å². The third-order valence-electron chi connectivity index (χ3n) is 3.43. The number of nitrogens with two attached hydrogens (primary N) is 1. The molecule has 2 nitrogen and oxygen atoms in total. The molecule has 0 saturated heterocycles. The van der Waals surface area contributed by atoms with Crippen molar-refractivity contribution < 1.29 is 4.74 Å². The van der Waals surface area contributed by atoms with Gasteiger partial charge in [0, 0.05) is 24.1 Å². The summed E-state index contributed by atoms with van der Waals surface area (Å²) in [6.45, 7) is 0. The molecule has 1 aromatic carbocycles. The zero-order chi connectivity index (χ0) is 11.5. The first kappa shape index (κ1) is 11.9. The second-order valence-corrected chi connectivity index (χ2v) is 4.94. The Morgan fingerprint density at radius 2 is 1.94 bits per heavy atom. The Morgan fingerprint density at radius 1 is 1.25 bits per heavy atom. The Balaban J connectivity index is 2.15. The molecule has 88 valence electrons. The number of hydrogen-bond donors (Lipinski definition) is 1. The maximum absolute atomic E-state index is 5.96. The zero-order valence-corrected chi connectivity index (χ0v) is 10.3.